The van der Waals surface area contributed by atoms with Gasteiger partial charge in [0.1, 0.15) is 11.4 Å². The minimum atomic E-state index is -3.82. The first kappa shape index (κ1) is 21.8. The van der Waals surface area contributed by atoms with E-state index in [0.717, 1.165) is 13.2 Å². The van der Waals surface area contributed by atoms with Gasteiger partial charge in [0.25, 0.3) is 10.0 Å². The molecule has 2 rings (SSSR count). The topological polar surface area (TPSA) is 120 Å². The van der Waals surface area contributed by atoms with Crippen molar-refractivity contribution < 1.29 is 32.2 Å². The average Bonchev–Trinajstić information content (AvgIpc) is 2.73. The summed E-state index contributed by atoms with van der Waals surface area (Å²) in [7, 11) is 0.0258. The molecule has 154 valence electrons. The summed E-state index contributed by atoms with van der Waals surface area (Å²) in [6.07, 6.45) is 0.932. The smallest absolute Gasteiger partial charge is 0.354 e. The molecule has 0 amide bonds. The van der Waals surface area contributed by atoms with Crippen molar-refractivity contribution in [2.24, 2.45) is 0 Å². The Morgan fingerprint density at radius 1 is 0.862 bits per heavy atom. The number of esters is 2. The molecule has 0 aromatic heterocycles. The molecule has 10 heteroatoms. The fourth-order valence-corrected chi connectivity index (χ4v) is 3.24. The Hall–Kier alpha value is -3.53. The molecule has 0 bridgehead atoms. The Morgan fingerprint density at radius 2 is 1.45 bits per heavy atom. The maximum atomic E-state index is 12.5. The molecule has 0 unspecified atom stereocenters. The Balaban J connectivity index is 2.17. The molecule has 0 heterocycles. The highest BCUT2D eigenvalue weighted by Crippen LogP contribution is 2.21. The van der Waals surface area contributed by atoms with Crippen LogP contribution >= 0.6 is 0 Å². The second-order valence-electron chi connectivity index (χ2n) is 5.56. The molecule has 0 fully saturated rings. The highest BCUT2D eigenvalue weighted by Gasteiger charge is 2.16. The average molecular weight is 420 g/mol. The SMILES string of the molecule is COC(=O)/C=C(/Nc1ccc(S(=O)(=O)Nc2ccc(OC)cc2)cc1)C(=O)OC. The number of benzene rings is 2. The summed E-state index contributed by atoms with van der Waals surface area (Å²) in [5.74, 6) is -0.932. The molecule has 0 saturated carbocycles. The van der Waals surface area contributed by atoms with Crippen molar-refractivity contribution in [3.05, 3.63) is 60.3 Å². The van der Waals surface area contributed by atoms with Crippen molar-refractivity contribution in [3.8, 4) is 5.75 Å². The van der Waals surface area contributed by atoms with Gasteiger partial charge in [-0.3, -0.25) is 4.72 Å². The third-order valence-electron chi connectivity index (χ3n) is 3.65. The van der Waals surface area contributed by atoms with E-state index < -0.39 is 22.0 Å². The Labute approximate surface area is 168 Å². The summed E-state index contributed by atoms with van der Waals surface area (Å²) < 4.78 is 41.6. The number of hydrogen-bond acceptors (Lipinski definition) is 8. The van der Waals surface area contributed by atoms with E-state index in [1.54, 1.807) is 24.3 Å². The number of carbonyl (C=O) groups excluding carboxylic acids is 2. The second-order valence-corrected chi connectivity index (χ2v) is 7.24. The van der Waals surface area contributed by atoms with E-state index in [-0.39, 0.29) is 10.6 Å². The van der Waals surface area contributed by atoms with Gasteiger partial charge in [-0.15, -0.1) is 0 Å². The van der Waals surface area contributed by atoms with Crippen LogP contribution in [0.15, 0.2) is 65.2 Å². The summed E-state index contributed by atoms with van der Waals surface area (Å²) in [5.41, 5.74) is 0.585. The first-order valence-electron chi connectivity index (χ1n) is 8.21. The third-order valence-corrected chi connectivity index (χ3v) is 5.05. The van der Waals surface area contributed by atoms with Gasteiger partial charge in [-0.2, -0.15) is 0 Å². The molecule has 0 radical (unpaired) electrons. The van der Waals surface area contributed by atoms with Crippen LogP contribution in [0.5, 0.6) is 5.75 Å². The normalized spacial score (nSPS) is 11.3. The predicted octanol–water partition coefficient (Wildman–Crippen LogP) is 2.14. The first-order valence-corrected chi connectivity index (χ1v) is 9.69. The molecule has 0 aliphatic carbocycles. The highest BCUT2D eigenvalue weighted by molar-refractivity contribution is 7.92. The summed E-state index contributed by atoms with van der Waals surface area (Å²) in [6.45, 7) is 0. The molecule has 9 nitrogen and oxygen atoms in total. The standard InChI is InChI=1S/C19H20N2O7S/c1-26-15-8-4-14(5-9-15)21-29(24,25)16-10-6-13(7-11-16)20-17(19(23)28-3)12-18(22)27-2/h4-12,20-21H,1-3H3/b17-12+. The molecule has 0 atom stereocenters. The van der Waals surface area contributed by atoms with Crippen molar-refractivity contribution in [2.45, 2.75) is 4.90 Å². The van der Waals surface area contributed by atoms with E-state index in [0.29, 0.717) is 17.1 Å². The predicted molar refractivity (Wildman–Crippen MR) is 106 cm³/mol. The van der Waals surface area contributed by atoms with Crippen LogP contribution in [0.4, 0.5) is 11.4 Å². The summed E-state index contributed by atoms with van der Waals surface area (Å²) in [4.78, 5) is 23.2. The van der Waals surface area contributed by atoms with Crippen LogP contribution in [0.3, 0.4) is 0 Å². The van der Waals surface area contributed by atoms with Crippen molar-refractivity contribution >= 4 is 33.3 Å². The summed E-state index contributed by atoms with van der Waals surface area (Å²) in [6, 6.07) is 12.0. The van der Waals surface area contributed by atoms with Crippen LogP contribution in [0.2, 0.25) is 0 Å². The third kappa shape index (κ3) is 5.98. The maximum absolute atomic E-state index is 12.5. The van der Waals surface area contributed by atoms with Gasteiger partial charge in [0.05, 0.1) is 32.3 Å². The molecule has 0 aliphatic heterocycles. The van der Waals surface area contributed by atoms with Gasteiger partial charge in [0, 0.05) is 11.4 Å². The second kappa shape index (κ2) is 9.60. The van der Waals surface area contributed by atoms with Crippen LogP contribution in [0.25, 0.3) is 0 Å². The lowest BCUT2D eigenvalue weighted by molar-refractivity contribution is -0.138. The fourth-order valence-electron chi connectivity index (χ4n) is 2.18. The molecule has 29 heavy (non-hydrogen) atoms. The molecule has 0 spiro atoms. The Kier molecular flexibility index (Phi) is 7.21. The van der Waals surface area contributed by atoms with Gasteiger partial charge in [-0.25, -0.2) is 18.0 Å². The van der Waals surface area contributed by atoms with Gasteiger partial charge in [-0.1, -0.05) is 0 Å². The number of ether oxygens (including phenoxy) is 3. The number of methoxy groups -OCH3 is 3. The molecule has 2 aromatic carbocycles. The highest BCUT2D eigenvalue weighted by atomic mass is 32.2. The zero-order chi connectivity index (χ0) is 21.4. The number of hydrogen-bond donors (Lipinski definition) is 2. The Morgan fingerprint density at radius 3 is 1.97 bits per heavy atom. The summed E-state index contributed by atoms with van der Waals surface area (Å²) >= 11 is 0. The van der Waals surface area contributed by atoms with Crippen LogP contribution in [0.1, 0.15) is 0 Å². The first-order chi connectivity index (χ1) is 13.8. The van der Waals surface area contributed by atoms with Crippen molar-refractivity contribution in [2.75, 3.05) is 31.4 Å². The molecule has 0 saturated heterocycles. The van der Waals surface area contributed by atoms with Gasteiger partial charge in [0.2, 0.25) is 0 Å². The van der Waals surface area contributed by atoms with Gasteiger partial charge in [0.15, 0.2) is 0 Å². The van der Waals surface area contributed by atoms with Crippen molar-refractivity contribution in [1.29, 1.82) is 0 Å². The lowest BCUT2D eigenvalue weighted by Gasteiger charge is -2.11. The number of anilines is 2. The van der Waals surface area contributed by atoms with E-state index in [1.165, 1.54) is 38.5 Å². The van der Waals surface area contributed by atoms with E-state index >= 15 is 0 Å². The summed E-state index contributed by atoms with van der Waals surface area (Å²) in [5, 5.41) is 2.69. The van der Waals surface area contributed by atoms with Gasteiger partial charge < -0.3 is 19.5 Å². The molecule has 2 N–H and O–H groups in total. The minimum absolute atomic E-state index is 0.00966. The van der Waals surface area contributed by atoms with E-state index in [2.05, 4.69) is 19.5 Å². The van der Waals surface area contributed by atoms with E-state index in [1.807, 2.05) is 0 Å². The number of sulfonamides is 1. The van der Waals surface area contributed by atoms with Gasteiger partial charge in [-0.05, 0) is 48.5 Å². The van der Waals surface area contributed by atoms with Gasteiger partial charge >= 0.3 is 11.9 Å². The molecule has 2 aromatic rings. The van der Waals surface area contributed by atoms with E-state index in [4.69, 9.17) is 4.74 Å². The van der Waals surface area contributed by atoms with Crippen LogP contribution in [0, 0.1) is 0 Å². The lowest BCUT2D eigenvalue weighted by Crippen LogP contribution is -2.16. The number of nitrogens with one attached hydrogen (secondary N) is 2. The quantitative estimate of drug-likeness (QED) is 0.492. The van der Waals surface area contributed by atoms with Crippen LogP contribution in [-0.4, -0.2) is 41.7 Å². The number of carbonyl (C=O) groups is 2. The monoisotopic (exact) mass is 420 g/mol. The largest absolute Gasteiger partial charge is 0.497 e. The Bertz CT molecular complexity index is 998. The minimum Gasteiger partial charge on any atom is -0.497 e. The van der Waals surface area contributed by atoms with Crippen LogP contribution < -0.4 is 14.8 Å². The van der Waals surface area contributed by atoms with Crippen molar-refractivity contribution in [3.63, 3.8) is 0 Å². The molecule has 0 aliphatic rings. The fraction of sp³-hybridized carbons (Fsp3) is 0.158. The molecular formula is C19H20N2O7S. The lowest BCUT2D eigenvalue weighted by atomic mass is 10.3. The maximum Gasteiger partial charge on any atom is 0.354 e. The van der Waals surface area contributed by atoms with Crippen molar-refractivity contribution in [1.82, 2.24) is 0 Å². The molecular weight excluding hydrogens is 400 g/mol. The zero-order valence-corrected chi connectivity index (χ0v) is 16.8. The zero-order valence-electron chi connectivity index (χ0n) is 16.0. The van der Waals surface area contributed by atoms with Crippen LogP contribution in [-0.2, 0) is 29.1 Å². The van der Waals surface area contributed by atoms with E-state index in [9.17, 15) is 18.0 Å². The number of rotatable bonds is 8.